The van der Waals surface area contributed by atoms with Gasteiger partial charge in [0.2, 0.25) is 0 Å². The number of anilines is 1. The third-order valence-electron chi connectivity index (χ3n) is 5.36. The number of hydrogen-bond donors (Lipinski definition) is 3. The second-order valence-electron chi connectivity index (χ2n) is 7.90. The maximum Gasteiger partial charge on any atom is 0.490 e. The van der Waals surface area contributed by atoms with E-state index in [-0.39, 0.29) is 11.6 Å². The van der Waals surface area contributed by atoms with Crippen LogP contribution in [0, 0.1) is 6.92 Å². The summed E-state index contributed by atoms with van der Waals surface area (Å²) in [7, 11) is 0. The van der Waals surface area contributed by atoms with Crippen LogP contribution in [0.4, 0.5) is 19.0 Å². The predicted molar refractivity (Wildman–Crippen MR) is 129 cm³/mol. The lowest BCUT2D eigenvalue weighted by atomic mass is 10.0. The van der Waals surface area contributed by atoms with Crippen LogP contribution in [0.1, 0.15) is 24.4 Å². The second kappa shape index (κ2) is 10.0. The monoisotopic (exact) mass is 511 g/mol. The number of H-pyrrole nitrogens is 1. The van der Waals surface area contributed by atoms with E-state index in [0.717, 1.165) is 11.3 Å². The third-order valence-corrected chi connectivity index (χ3v) is 5.36. The largest absolute Gasteiger partial charge is 0.490 e. The van der Waals surface area contributed by atoms with Gasteiger partial charge in [-0.25, -0.2) is 24.7 Å². The summed E-state index contributed by atoms with van der Waals surface area (Å²) in [5.74, 6) is -2.15. The molecular weight excluding hydrogens is 491 g/mol. The Morgan fingerprint density at radius 1 is 1.08 bits per heavy atom. The number of nitrogens with zero attached hydrogens (tertiary/aromatic N) is 5. The number of carboxylic acids is 1. The van der Waals surface area contributed by atoms with Crippen LogP contribution in [0.25, 0.3) is 27.9 Å². The molecule has 4 aromatic heterocycles. The summed E-state index contributed by atoms with van der Waals surface area (Å²) < 4.78 is 33.4. The molecule has 1 unspecified atom stereocenters. The number of carbonyl (C=O) groups is 1. The Hall–Kier alpha value is -4.81. The standard InChI is InChI=1S/C22H19N7O.C2HF3O2/c1-13-7-6-10-16-28-18(17(22(30)29(13)16)15-8-4-3-5-9-15)14(2)27-21-19-20(24-11-23-19)25-12-26-21;3-2(4,5)1(6)7/h3-12,14H,1-2H3,(H2,23,24,25,26,27);(H,6,7). The van der Waals surface area contributed by atoms with Crippen LogP contribution in [-0.2, 0) is 4.79 Å². The van der Waals surface area contributed by atoms with Gasteiger partial charge in [0.1, 0.15) is 17.5 Å². The molecule has 0 spiro atoms. The molecule has 1 atom stereocenters. The van der Waals surface area contributed by atoms with Gasteiger partial charge in [0, 0.05) is 5.69 Å². The van der Waals surface area contributed by atoms with E-state index >= 15 is 0 Å². The van der Waals surface area contributed by atoms with Crippen molar-refractivity contribution in [1.29, 1.82) is 0 Å². The van der Waals surface area contributed by atoms with E-state index in [2.05, 4.69) is 25.3 Å². The number of fused-ring (bicyclic) bond motifs is 2. The number of aliphatic carboxylic acids is 1. The number of nitrogens with one attached hydrogen (secondary N) is 2. The van der Waals surface area contributed by atoms with Crippen molar-refractivity contribution in [3.63, 3.8) is 0 Å². The van der Waals surface area contributed by atoms with E-state index in [9.17, 15) is 18.0 Å². The highest BCUT2D eigenvalue weighted by Crippen LogP contribution is 2.28. The number of imidazole rings is 1. The van der Waals surface area contributed by atoms with Gasteiger partial charge in [-0.1, -0.05) is 36.4 Å². The van der Waals surface area contributed by atoms with Crippen LogP contribution >= 0.6 is 0 Å². The molecule has 0 saturated carbocycles. The van der Waals surface area contributed by atoms with Gasteiger partial charge < -0.3 is 15.4 Å². The molecule has 10 nitrogen and oxygen atoms in total. The molecule has 5 aromatic rings. The number of rotatable bonds is 4. The fourth-order valence-corrected chi connectivity index (χ4v) is 3.69. The van der Waals surface area contributed by atoms with Crippen molar-refractivity contribution in [1.82, 2.24) is 29.3 Å². The molecule has 37 heavy (non-hydrogen) atoms. The van der Waals surface area contributed by atoms with E-state index in [0.29, 0.717) is 33.9 Å². The average molecular weight is 511 g/mol. The quantitative estimate of drug-likeness (QED) is 0.327. The number of pyridine rings is 1. The summed E-state index contributed by atoms with van der Waals surface area (Å²) >= 11 is 0. The summed E-state index contributed by atoms with van der Waals surface area (Å²) in [5.41, 5.74) is 4.68. The smallest absolute Gasteiger partial charge is 0.475 e. The van der Waals surface area contributed by atoms with Gasteiger partial charge in [0.15, 0.2) is 11.5 Å². The van der Waals surface area contributed by atoms with Crippen LogP contribution in [0.15, 0.2) is 66.0 Å². The van der Waals surface area contributed by atoms with Crippen LogP contribution in [0.2, 0.25) is 0 Å². The van der Waals surface area contributed by atoms with Crippen molar-refractivity contribution in [2.75, 3.05) is 5.32 Å². The third kappa shape index (κ3) is 5.24. The van der Waals surface area contributed by atoms with Crippen LogP contribution in [0.3, 0.4) is 0 Å². The zero-order valence-corrected chi connectivity index (χ0v) is 19.5. The average Bonchev–Trinajstić information content (AvgIpc) is 3.34. The molecular formula is C24H20F3N7O3. The molecule has 5 rings (SSSR count). The molecule has 0 aliphatic rings. The van der Waals surface area contributed by atoms with Crippen LogP contribution < -0.4 is 10.9 Å². The highest BCUT2D eigenvalue weighted by Gasteiger charge is 2.38. The van der Waals surface area contributed by atoms with Gasteiger partial charge in [-0.2, -0.15) is 13.2 Å². The number of carboxylic acid groups (broad SMARTS) is 1. The topological polar surface area (TPSA) is 138 Å². The Kier molecular flexibility index (Phi) is 6.87. The van der Waals surface area contributed by atoms with Gasteiger partial charge in [0.25, 0.3) is 5.56 Å². The van der Waals surface area contributed by atoms with E-state index in [1.54, 1.807) is 10.7 Å². The fraction of sp³-hybridized carbons (Fsp3) is 0.167. The minimum Gasteiger partial charge on any atom is -0.475 e. The molecule has 3 N–H and O–H groups in total. The van der Waals surface area contributed by atoms with E-state index < -0.39 is 12.1 Å². The Bertz CT molecular complexity index is 1630. The van der Waals surface area contributed by atoms with Gasteiger partial charge in [0.05, 0.1) is 23.6 Å². The second-order valence-corrected chi connectivity index (χ2v) is 7.90. The van der Waals surface area contributed by atoms with Gasteiger partial charge in [-0.05, 0) is 31.5 Å². The molecule has 0 amide bonds. The summed E-state index contributed by atoms with van der Waals surface area (Å²) in [6, 6.07) is 15.0. The molecule has 0 aliphatic heterocycles. The minimum absolute atomic E-state index is 0.0951. The fourth-order valence-electron chi connectivity index (χ4n) is 3.69. The van der Waals surface area contributed by atoms with Crippen molar-refractivity contribution in [2.45, 2.75) is 26.1 Å². The lowest BCUT2D eigenvalue weighted by Crippen LogP contribution is -2.24. The number of hydrogen-bond acceptors (Lipinski definition) is 7. The number of aryl methyl sites for hydroxylation is 1. The predicted octanol–water partition coefficient (Wildman–Crippen LogP) is 4.14. The summed E-state index contributed by atoms with van der Waals surface area (Å²) in [6.45, 7) is 3.87. The Balaban J connectivity index is 0.000000405. The van der Waals surface area contributed by atoms with Crippen LogP contribution in [-0.4, -0.2) is 46.6 Å². The van der Waals surface area contributed by atoms with Gasteiger partial charge >= 0.3 is 12.1 Å². The molecule has 0 saturated heterocycles. The van der Waals surface area contributed by atoms with Crippen LogP contribution in [0.5, 0.6) is 0 Å². The molecule has 13 heteroatoms. The van der Waals surface area contributed by atoms with E-state index in [1.807, 2.05) is 62.4 Å². The Morgan fingerprint density at radius 3 is 2.46 bits per heavy atom. The van der Waals surface area contributed by atoms with E-state index in [1.165, 1.54) is 6.33 Å². The molecule has 0 fully saturated rings. The van der Waals surface area contributed by atoms with Gasteiger partial charge in [-0.3, -0.25) is 9.20 Å². The normalized spacial score (nSPS) is 12.1. The molecule has 1 aromatic carbocycles. The number of benzene rings is 1. The molecule has 0 aliphatic carbocycles. The number of halogens is 3. The van der Waals surface area contributed by atoms with Crippen molar-refractivity contribution in [3.8, 4) is 11.1 Å². The first-order chi connectivity index (χ1) is 17.6. The number of alkyl halides is 3. The molecule has 4 heterocycles. The summed E-state index contributed by atoms with van der Waals surface area (Å²) in [4.78, 5) is 43.0. The minimum atomic E-state index is -5.08. The maximum absolute atomic E-state index is 13.6. The highest BCUT2D eigenvalue weighted by atomic mass is 19.4. The molecule has 0 radical (unpaired) electrons. The van der Waals surface area contributed by atoms with Crippen molar-refractivity contribution in [2.24, 2.45) is 0 Å². The summed E-state index contributed by atoms with van der Waals surface area (Å²) in [6.07, 6.45) is -2.05. The summed E-state index contributed by atoms with van der Waals surface area (Å²) in [5, 5.41) is 10.5. The first-order valence-corrected chi connectivity index (χ1v) is 10.9. The maximum atomic E-state index is 13.6. The van der Waals surface area contributed by atoms with Gasteiger partial charge in [-0.15, -0.1) is 0 Å². The lowest BCUT2D eigenvalue weighted by molar-refractivity contribution is -0.192. The first kappa shape index (κ1) is 25.3. The Morgan fingerprint density at radius 2 is 1.78 bits per heavy atom. The van der Waals surface area contributed by atoms with Crippen molar-refractivity contribution in [3.05, 3.63) is 82.9 Å². The zero-order valence-electron chi connectivity index (χ0n) is 19.5. The first-order valence-electron chi connectivity index (χ1n) is 10.9. The SMILES string of the molecule is Cc1cccc2nc(C(C)Nc3ncnc4nc[nH]c34)c(-c3ccccc3)c(=O)n12.O=C(O)C(F)(F)F. The molecule has 0 bridgehead atoms. The van der Waals surface area contributed by atoms with Crippen molar-refractivity contribution >= 4 is 28.6 Å². The Labute approximate surface area is 206 Å². The van der Waals surface area contributed by atoms with E-state index in [4.69, 9.17) is 14.9 Å². The molecule has 190 valence electrons. The van der Waals surface area contributed by atoms with Crippen molar-refractivity contribution < 1.29 is 23.1 Å². The lowest BCUT2D eigenvalue weighted by Gasteiger charge is -2.19. The zero-order chi connectivity index (χ0) is 26.7. The number of aromatic nitrogens is 6. The highest BCUT2D eigenvalue weighted by molar-refractivity contribution is 5.82. The number of aromatic amines is 1.